The molecule has 0 spiro atoms. The monoisotopic (exact) mass is 202 g/mol. The molecule has 0 radical (unpaired) electrons. The summed E-state index contributed by atoms with van der Waals surface area (Å²) < 4.78 is 0. The van der Waals surface area contributed by atoms with Crippen LogP contribution in [0.15, 0.2) is 0 Å². The first-order chi connectivity index (χ1) is 6.47. The van der Waals surface area contributed by atoms with Gasteiger partial charge in [0.15, 0.2) is 0 Å². The summed E-state index contributed by atoms with van der Waals surface area (Å²) in [5.41, 5.74) is 4.86. The Morgan fingerprint density at radius 3 is 2.36 bits per heavy atom. The van der Waals surface area contributed by atoms with E-state index in [9.17, 15) is 14.4 Å². The lowest BCUT2D eigenvalue weighted by molar-refractivity contribution is -0.122. The highest BCUT2D eigenvalue weighted by atomic mass is 16.2. The molecule has 0 aliphatic rings. The van der Waals surface area contributed by atoms with E-state index in [-0.39, 0.29) is 6.54 Å². The number of urea groups is 1. The highest BCUT2D eigenvalue weighted by molar-refractivity contribution is 5.96. The molecule has 1 atom stereocenters. The lowest BCUT2D eigenvalue weighted by Gasteiger charge is -2.11. The number of carbonyl (C=O) groups is 3. The van der Waals surface area contributed by atoms with Gasteiger partial charge in [0.2, 0.25) is 11.8 Å². The van der Waals surface area contributed by atoms with E-state index in [2.05, 4.69) is 10.6 Å². The molecule has 0 aromatic rings. The summed E-state index contributed by atoms with van der Waals surface area (Å²) in [6, 6.07) is -1.25. The third-order valence-corrected chi connectivity index (χ3v) is 1.44. The molecule has 80 valence electrons. The molecule has 14 heavy (non-hydrogen) atoms. The second kappa shape index (κ2) is 5.92. The van der Waals surface area contributed by atoms with Crippen LogP contribution < -0.4 is 21.7 Å². The Hall–Kier alpha value is -1.63. The van der Waals surface area contributed by atoms with Gasteiger partial charge in [-0.2, -0.15) is 0 Å². The normalized spacial score (nSPS) is 11.6. The van der Waals surface area contributed by atoms with Gasteiger partial charge < -0.3 is 11.1 Å². The maximum Gasteiger partial charge on any atom is 0.321 e. The van der Waals surface area contributed by atoms with Crippen molar-refractivity contribution < 1.29 is 14.4 Å². The zero-order valence-electron chi connectivity index (χ0n) is 8.09. The molecule has 0 aliphatic carbocycles. The molecule has 0 saturated carbocycles. The van der Waals surface area contributed by atoms with Crippen LogP contribution in [0.25, 0.3) is 0 Å². The van der Waals surface area contributed by atoms with Gasteiger partial charge in [0, 0.05) is 7.05 Å². The standard InChI is InChI=1S/C7H14N4O3/c1-4(10-3-5(8)12)6(13)11-7(14)9-2/h4,10H,3H2,1-2H3,(H2,8,12)(H2,9,11,13,14). The van der Waals surface area contributed by atoms with Crippen molar-refractivity contribution in [1.29, 1.82) is 0 Å². The molecule has 1 unspecified atom stereocenters. The Labute approximate surface area is 81.4 Å². The van der Waals surface area contributed by atoms with E-state index < -0.39 is 23.9 Å². The first kappa shape index (κ1) is 12.4. The van der Waals surface area contributed by atoms with Crippen molar-refractivity contribution >= 4 is 17.8 Å². The quantitative estimate of drug-likeness (QED) is 0.418. The molecule has 0 heterocycles. The zero-order chi connectivity index (χ0) is 11.1. The Morgan fingerprint density at radius 1 is 1.36 bits per heavy atom. The summed E-state index contributed by atoms with van der Waals surface area (Å²) >= 11 is 0. The number of carbonyl (C=O) groups excluding carboxylic acids is 3. The lowest BCUT2D eigenvalue weighted by atomic mass is 10.3. The van der Waals surface area contributed by atoms with Gasteiger partial charge in [0.1, 0.15) is 0 Å². The van der Waals surface area contributed by atoms with Gasteiger partial charge in [-0.05, 0) is 6.92 Å². The van der Waals surface area contributed by atoms with Crippen molar-refractivity contribution in [3.8, 4) is 0 Å². The van der Waals surface area contributed by atoms with Crippen LogP contribution in [0.5, 0.6) is 0 Å². The minimum atomic E-state index is -0.653. The predicted octanol–water partition coefficient (Wildman–Crippen LogP) is -2.09. The van der Waals surface area contributed by atoms with E-state index in [1.54, 1.807) is 0 Å². The highest BCUT2D eigenvalue weighted by Gasteiger charge is 2.14. The largest absolute Gasteiger partial charge is 0.369 e. The molecule has 0 fully saturated rings. The zero-order valence-corrected chi connectivity index (χ0v) is 8.09. The number of primary amides is 1. The molecule has 0 aromatic carbocycles. The van der Waals surface area contributed by atoms with E-state index in [0.717, 1.165) is 0 Å². The minimum Gasteiger partial charge on any atom is -0.369 e. The summed E-state index contributed by atoms with van der Waals surface area (Å²) in [6.45, 7) is 1.41. The number of imide groups is 1. The van der Waals surface area contributed by atoms with Crippen LogP contribution in [0.4, 0.5) is 4.79 Å². The van der Waals surface area contributed by atoms with Gasteiger partial charge in [0.05, 0.1) is 12.6 Å². The van der Waals surface area contributed by atoms with Gasteiger partial charge >= 0.3 is 6.03 Å². The SMILES string of the molecule is CNC(=O)NC(=O)C(C)NCC(N)=O. The molecule has 0 aromatic heterocycles. The molecule has 0 saturated heterocycles. The fraction of sp³-hybridized carbons (Fsp3) is 0.571. The Balaban J connectivity index is 3.87. The van der Waals surface area contributed by atoms with Crippen LogP contribution in [-0.4, -0.2) is 37.5 Å². The van der Waals surface area contributed by atoms with Crippen LogP contribution >= 0.6 is 0 Å². The maximum atomic E-state index is 11.1. The van der Waals surface area contributed by atoms with Gasteiger partial charge in [-0.1, -0.05) is 0 Å². The maximum absolute atomic E-state index is 11.1. The molecule has 0 aliphatic heterocycles. The van der Waals surface area contributed by atoms with E-state index in [1.807, 2.05) is 5.32 Å². The van der Waals surface area contributed by atoms with Crippen LogP contribution in [0, 0.1) is 0 Å². The highest BCUT2D eigenvalue weighted by Crippen LogP contribution is 1.80. The topological polar surface area (TPSA) is 113 Å². The molecule has 7 nitrogen and oxygen atoms in total. The van der Waals surface area contributed by atoms with Crippen molar-refractivity contribution in [2.75, 3.05) is 13.6 Å². The van der Waals surface area contributed by atoms with Crippen LogP contribution in [0.2, 0.25) is 0 Å². The summed E-state index contributed by atoms with van der Waals surface area (Å²) in [5, 5.41) is 6.82. The third-order valence-electron chi connectivity index (χ3n) is 1.44. The first-order valence-corrected chi connectivity index (χ1v) is 4.01. The summed E-state index contributed by atoms with van der Waals surface area (Å²) in [7, 11) is 1.39. The Bertz CT molecular complexity index is 241. The van der Waals surface area contributed by atoms with Crippen LogP contribution in [0.1, 0.15) is 6.92 Å². The van der Waals surface area contributed by atoms with Crippen molar-refractivity contribution in [2.45, 2.75) is 13.0 Å². The van der Waals surface area contributed by atoms with E-state index >= 15 is 0 Å². The van der Waals surface area contributed by atoms with Gasteiger partial charge in [0.25, 0.3) is 0 Å². The van der Waals surface area contributed by atoms with Gasteiger partial charge in [-0.15, -0.1) is 0 Å². The number of rotatable bonds is 4. The average molecular weight is 202 g/mol. The second-order valence-corrected chi connectivity index (χ2v) is 2.64. The van der Waals surface area contributed by atoms with E-state index in [0.29, 0.717) is 0 Å². The fourth-order valence-electron chi connectivity index (χ4n) is 0.629. The number of hydrogen-bond donors (Lipinski definition) is 4. The first-order valence-electron chi connectivity index (χ1n) is 4.01. The second-order valence-electron chi connectivity index (χ2n) is 2.64. The molecular formula is C7H14N4O3. The number of amides is 4. The molecule has 0 bridgehead atoms. The average Bonchev–Trinajstić information content (AvgIpc) is 2.13. The molecule has 4 amide bonds. The lowest BCUT2D eigenvalue weighted by Crippen LogP contribution is -2.48. The Morgan fingerprint density at radius 2 is 1.93 bits per heavy atom. The van der Waals surface area contributed by atoms with Gasteiger partial charge in [-0.3, -0.25) is 20.2 Å². The van der Waals surface area contributed by atoms with Crippen LogP contribution in [0.3, 0.4) is 0 Å². The Kier molecular flexibility index (Phi) is 5.23. The van der Waals surface area contributed by atoms with Gasteiger partial charge in [-0.25, -0.2) is 4.79 Å². The van der Waals surface area contributed by atoms with E-state index in [1.165, 1.54) is 14.0 Å². The van der Waals surface area contributed by atoms with Crippen LogP contribution in [-0.2, 0) is 9.59 Å². The minimum absolute atomic E-state index is 0.109. The molecule has 5 N–H and O–H groups in total. The van der Waals surface area contributed by atoms with E-state index in [4.69, 9.17) is 5.73 Å². The van der Waals surface area contributed by atoms with Crippen molar-refractivity contribution in [2.24, 2.45) is 5.73 Å². The number of hydrogen-bond acceptors (Lipinski definition) is 4. The number of nitrogens with two attached hydrogens (primary N) is 1. The van der Waals surface area contributed by atoms with Crippen molar-refractivity contribution in [3.63, 3.8) is 0 Å². The fourth-order valence-corrected chi connectivity index (χ4v) is 0.629. The summed E-state index contributed by atoms with van der Waals surface area (Å²) in [6.07, 6.45) is 0. The smallest absolute Gasteiger partial charge is 0.321 e. The van der Waals surface area contributed by atoms with Crippen molar-refractivity contribution in [3.05, 3.63) is 0 Å². The molecule has 0 rings (SSSR count). The summed E-state index contributed by atoms with van der Waals surface area (Å²) in [4.78, 5) is 32.2. The molecule has 7 heteroatoms. The number of nitrogens with one attached hydrogen (secondary N) is 3. The molecular weight excluding hydrogens is 188 g/mol. The summed E-state index contributed by atoms with van der Waals surface area (Å²) in [5.74, 6) is -1.09. The van der Waals surface area contributed by atoms with Crippen molar-refractivity contribution in [1.82, 2.24) is 16.0 Å². The third kappa shape index (κ3) is 5.09. The predicted molar refractivity (Wildman–Crippen MR) is 49.3 cm³/mol.